The Labute approximate surface area is 185 Å². The fourth-order valence-corrected chi connectivity index (χ4v) is 4.78. The van der Waals surface area contributed by atoms with E-state index in [-0.39, 0.29) is 16.8 Å². The molecule has 0 saturated heterocycles. The van der Waals surface area contributed by atoms with Crippen LogP contribution in [-0.4, -0.2) is 28.0 Å². The Kier molecular flexibility index (Phi) is 6.32. The van der Waals surface area contributed by atoms with E-state index in [0.717, 1.165) is 42.8 Å². The summed E-state index contributed by atoms with van der Waals surface area (Å²) >= 11 is 1.04. The maximum Gasteiger partial charge on any atom is 0.347 e. The molecule has 1 aromatic heterocycles. The van der Waals surface area contributed by atoms with Crippen LogP contribution in [0.5, 0.6) is 11.5 Å². The van der Waals surface area contributed by atoms with Crippen molar-refractivity contribution in [1.29, 1.82) is 0 Å². The van der Waals surface area contributed by atoms with E-state index in [1.54, 1.807) is 29.2 Å². The lowest BCUT2D eigenvalue weighted by Crippen LogP contribution is -2.45. The number of rotatable bonds is 6. The molecule has 0 radical (unpaired) electrons. The first kappa shape index (κ1) is 21.1. The van der Waals surface area contributed by atoms with E-state index in [1.807, 2.05) is 30.3 Å². The molecule has 0 unspecified atom stereocenters. The Morgan fingerprint density at radius 3 is 2.35 bits per heavy atom. The minimum Gasteiger partial charge on any atom is -0.477 e. The summed E-state index contributed by atoms with van der Waals surface area (Å²) < 4.78 is 5.82. The Morgan fingerprint density at radius 2 is 1.71 bits per heavy atom. The maximum absolute atomic E-state index is 13.5. The molecule has 3 aromatic rings. The smallest absolute Gasteiger partial charge is 0.347 e. The molecule has 1 amide bonds. The number of thiazole rings is 1. The number of nitrogens with zero attached hydrogens (tertiary/aromatic N) is 2. The fourth-order valence-electron chi connectivity index (χ4n) is 3.96. The lowest BCUT2D eigenvalue weighted by atomic mass is 9.85. The van der Waals surface area contributed by atoms with Crippen molar-refractivity contribution in [3.8, 4) is 11.5 Å². The number of aromatic nitrogens is 1. The second kappa shape index (κ2) is 9.31. The number of amides is 1. The van der Waals surface area contributed by atoms with Crippen LogP contribution >= 0.6 is 11.3 Å². The molecule has 1 saturated carbocycles. The van der Waals surface area contributed by atoms with Crippen molar-refractivity contribution < 1.29 is 19.4 Å². The van der Waals surface area contributed by atoms with Crippen LogP contribution in [-0.2, 0) is 0 Å². The van der Waals surface area contributed by atoms with Crippen molar-refractivity contribution in [3.05, 3.63) is 71.2 Å². The van der Waals surface area contributed by atoms with Crippen molar-refractivity contribution in [3.63, 3.8) is 0 Å². The molecule has 2 aromatic carbocycles. The number of aromatic carboxylic acids is 1. The summed E-state index contributed by atoms with van der Waals surface area (Å²) in [7, 11) is 0. The Morgan fingerprint density at radius 1 is 1.03 bits per heavy atom. The first-order chi connectivity index (χ1) is 15.0. The van der Waals surface area contributed by atoms with Gasteiger partial charge in [0.25, 0.3) is 5.91 Å². The summed E-state index contributed by atoms with van der Waals surface area (Å²) in [6, 6.07) is 16.5. The number of anilines is 1. The van der Waals surface area contributed by atoms with Gasteiger partial charge >= 0.3 is 5.97 Å². The van der Waals surface area contributed by atoms with Crippen LogP contribution in [0.15, 0.2) is 60.8 Å². The van der Waals surface area contributed by atoms with E-state index in [9.17, 15) is 14.7 Å². The third-order valence-electron chi connectivity index (χ3n) is 5.61. The lowest BCUT2D eigenvalue weighted by Gasteiger charge is -2.37. The molecule has 7 heteroatoms. The maximum atomic E-state index is 13.5. The van der Waals surface area contributed by atoms with Gasteiger partial charge in [-0.1, -0.05) is 49.3 Å². The van der Waals surface area contributed by atoms with Crippen LogP contribution in [0.3, 0.4) is 0 Å². The van der Waals surface area contributed by atoms with Crippen LogP contribution < -0.4 is 9.64 Å². The van der Waals surface area contributed by atoms with Gasteiger partial charge in [-0.3, -0.25) is 9.69 Å². The summed E-state index contributed by atoms with van der Waals surface area (Å²) in [6.07, 6.45) is 5.43. The molecular weight excluding hydrogens is 412 g/mol. The van der Waals surface area contributed by atoms with Crippen molar-refractivity contribution in [1.82, 2.24) is 4.98 Å². The number of para-hydroxylation sites is 1. The second-order valence-electron chi connectivity index (χ2n) is 7.76. The third kappa shape index (κ3) is 4.77. The van der Waals surface area contributed by atoms with Gasteiger partial charge in [0.1, 0.15) is 16.4 Å². The highest BCUT2D eigenvalue weighted by molar-refractivity contribution is 7.17. The van der Waals surface area contributed by atoms with Gasteiger partial charge in [0.15, 0.2) is 5.13 Å². The van der Waals surface area contributed by atoms with Gasteiger partial charge in [-0.05, 0) is 55.2 Å². The van der Waals surface area contributed by atoms with Crippen molar-refractivity contribution in [2.75, 3.05) is 4.90 Å². The summed E-state index contributed by atoms with van der Waals surface area (Å²) in [5.74, 6) is 0.480. The number of hydrogen-bond donors (Lipinski definition) is 1. The minimum absolute atomic E-state index is 0.00529. The van der Waals surface area contributed by atoms with Crippen molar-refractivity contribution in [2.45, 2.75) is 38.6 Å². The largest absolute Gasteiger partial charge is 0.477 e. The predicted molar refractivity (Wildman–Crippen MR) is 120 cm³/mol. The average molecular weight is 437 g/mol. The summed E-state index contributed by atoms with van der Waals surface area (Å²) in [5.41, 5.74) is 0.519. The zero-order chi connectivity index (χ0) is 21.8. The quantitative estimate of drug-likeness (QED) is 0.524. The average Bonchev–Trinajstić information content (AvgIpc) is 3.27. The highest BCUT2D eigenvalue weighted by Crippen LogP contribution is 2.35. The molecule has 31 heavy (non-hydrogen) atoms. The summed E-state index contributed by atoms with van der Waals surface area (Å²) in [5, 5.41) is 9.74. The Balaban J connectivity index is 1.61. The molecule has 0 spiro atoms. The summed E-state index contributed by atoms with van der Waals surface area (Å²) in [4.78, 5) is 31.0. The predicted octanol–water partition coefficient (Wildman–Crippen LogP) is 5.86. The fraction of sp³-hybridized carbons (Fsp3) is 0.292. The molecular formula is C24H24N2O4S. The molecule has 1 fully saturated rings. The number of carbonyl (C=O) groups is 2. The molecule has 1 heterocycles. The highest BCUT2D eigenvalue weighted by Gasteiger charge is 2.34. The number of carboxylic acids is 1. The van der Waals surface area contributed by atoms with E-state index < -0.39 is 5.97 Å². The van der Waals surface area contributed by atoms with Gasteiger partial charge in [-0.25, -0.2) is 9.78 Å². The summed E-state index contributed by atoms with van der Waals surface area (Å²) in [6.45, 7) is 2.15. The van der Waals surface area contributed by atoms with E-state index in [1.165, 1.54) is 6.20 Å². The van der Waals surface area contributed by atoms with Crippen LogP contribution in [0, 0.1) is 5.92 Å². The normalized spacial score (nSPS) is 18.4. The Hall–Kier alpha value is -3.19. The van der Waals surface area contributed by atoms with E-state index in [0.29, 0.717) is 22.4 Å². The van der Waals surface area contributed by atoms with Crippen molar-refractivity contribution >= 4 is 28.3 Å². The first-order valence-electron chi connectivity index (χ1n) is 10.4. The van der Waals surface area contributed by atoms with E-state index in [2.05, 4.69) is 11.9 Å². The molecule has 0 aliphatic heterocycles. The van der Waals surface area contributed by atoms with E-state index >= 15 is 0 Å². The van der Waals surface area contributed by atoms with Crippen LogP contribution in [0.25, 0.3) is 0 Å². The van der Waals surface area contributed by atoms with Crippen LogP contribution in [0.4, 0.5) is 5.13 Å². The molecule has 6 nitrogen and oxygen atoms in total. The van der Waals surface area contributed by atoms with Gasteiger partial charge < -0.3 is 9.84 Å². The monoisotopic (exact) mass is 436 g/mol. The lowest BCUT2D eigenvalue weighted by molar-refractivity contribution is 0.0701. The first-order valence-corrected chi connectivity index (χ1v) is 11.2. The van der Waals surface area contributed by atoms with Gasteiger partial charge in [0.05, 0.1) is 6.20 Å². The molecule has 0 bridgehead atoms. The van der Waals surface area contributed by atoms with Crippen LogP contribution in [0.1, 0.15) is 52.6 Å². The zero-order valence-electron chi connectivity index (χ0n) is 17.2. The topological polar surface area (TPSA) is 79.7 Å². The van der Waals surface area contributed by atoms with Gasteiger partial charge in [0.2, 0.25) is 0 Å². The molecule has 1 N–H and O–H groups in total. The second-order valence-corrected chi connectivity index (χ2v) is 8.77. The molecule has 1 aliphatic carbocycles. The minimum atomic E-state index is -1.03. The molecule has 160 valence electrons. The SMILES string of the molecule is C[C@@H]1CCCC[C@@H]1N(C(=O)c1ccc(Oc2ccccc2)cc1)c1ncc(C(=O)O)s1. The molecule has 2 atom stereocenters. The van der Waals surface area contributed by atoms with Gasteiger partial charge in [0, 0.05) is 11.6 Å². The number of carbonyl (C=O) groups excluding carboxylic acids is 1. The molecule has 1 aliphatic rings. The van der Waals surface area contributed by atoms with Crippen LogP contribution in [0.2, 0.25) is 0 Å². The number of ether oxygens (including phenoxy) is 1. The zero-order valence-corrected chi connectivity index (χ0v) is 18.0. The number of carboxylic acid groups (broad SMARTS) is 1. The molecule has 4 rings (SSSR count). The standard InChI is InChI=1S/C24H24N2O4S/c1-16-7-5-6-10-20(16)26(24-25-15-21(31-24)23(28)29)22(27)17-11-13-19(14-12-17)30-18-8-3-2-4-9-18/h2-4,8-9,11-16,20H,5-7,10H2,1H3,(H,28,29)/t16-,20+/m1/s1. The van der Waals surface area contributed by atoms with Gasteiger partial charge in [-0.2, -0.15) is 0 Å². The Bertz CT molecular complexity index is 1050. The highest BCUT2D eigenvalue weighted by atomic mass is 32.1. The van der Waals surface area contributed by atoms with Gasteiger partial charge in [-0.15, -0.1) is 0 Å². The third-order valence-corrected chi connectivity index (χ3v) is 6.59. The number of hydrogen-bond acceptors (Lipinski definition) is 5. The number of benzene rings is 2. The van der Waals surface area contributed by atoms with Crippen molar-refractivity contribution in [2.24, 2.45) is 5.92 Å². The van der Waals surface area contributed by atoms with E-state index in [4.69, 9.17) is 4.74 Å².